The summed E-state index contributed by atoms with van der Waals surface area (Å²) in [5, 5.41) is 2.98. The highest BCUT2D eigenvalue weighted by atomic mass is 16.6. The molecule has 1 heterocycles. The molecule has 0 saturated carbocycles. The van der Waals surface area contributed by atoms with Crippen LogP contribution in [0.3, 0.4) is 0 Å². The monoisotopic (exact) mass is 417 g/mol. The summed E-state index contributed by atoms with van der Waals surface area (Å²) in [6, 6.07) is 9.88. The van der Waals surface area contributed by atoms with Gasteiger partial charge in [0.05, 0.1) is 5.92 Å². The summed E-state index contributed by atoms with van der Waals surface area (Å²) in [6.07, 6.45) is 1.65. The summed E-state index contributed by atoms with van der Waals surface area (Å²) in [4.78, 5) is 40.4. The lowest BCUT2D eigenvalue weighted by Crippen LogP contribution is -2.49. The van der Waals surface area contributed by atoms with Crippen molar-refractivity contribution in [1.29, 1.82) is 0 Å². The fourth-order valence-corrected chi connectivity index (χ4v) is 3.60. The first-order valence-corrected chi connectivity index (χ1v) is 10.7. The molecule has 1 aliphatic heterocycles. The van der Waals surface area contributed by atoms with E-state index in [4.69, 9.17) is 4.74 Å². The van der Waals surface area contributed by atoms with Crippen LogP contribution >= 0.6 is 0 Å². The zero-order valence-corrected chi connectivity index (χ0v) is 18.8. The first-order chi connectivity index (χ1) is 14.1. The second-order valence-electron chi connectivity index (χ2n) is 8.87. The van der Waals surface area contributed by atoms with Gasteiger partial charge < -0.3 is 19.9 Å². The zero-order valence-electron chi connectivity index (χ0n) is 18.8. The molecular weight excluding hydrogens is 382 g/mol. The van der Waals surface area contributed by atoms with E-state index in [1.807, 2.05) is 42.2 Å². The Hall–Kier alpha value is -2.57. The van der Waals surface area contributed by atoms with E-state index < -0.39 is 11.7 Å². The summed E-state index contributed by atoms with van der Waals surface area (Å²) >= 11 is 0. The number of rotatable bonds is 6. The number of nitrogens with zero attached hydrogens (tertiary/aromatic N) is 2. The summed E-state index contributed by atoms with van der Waals surface area (Å²) < 4.78 is 5.26. The van der Waals surface area contributed by atoms with E-state index in [1.165, 1.54) is 4.90 Å². The van der Waals surface area contributed by atoms with Crippen molar-refractivity contribution in [3.05, 3.63) is 35.9 Å². The molecule has 2 rings (SSSR count). The maximum absolute atomic E-state index is 13.0. The summed E-state index contributed by atoms with van der Waals surface area (Å²) in [6.45, 7) is 8.58. The maximum atomic E-state index is 13.0. The van der Waals surface area contributed by atoms with Crippen LogP contribution in [0.1, 0.15) is 58.4 Å². The zero-order chi connectivity index (χ0) is 22.3. The third-order valence-electron chi connectivity index (χ3n) is 5.17. The van der Waals surface area contributed by atoms with E-state index in [1.54, 1.807) is 27.8 Å². The van der Waals surface area contributed by atoms with Crippen molar-refractivity contribution in [2.24, 2.45) is 0 Å². The van der Waals surface area contributed by atoms with Crippen molar-refractivity contribution in [2.45, 2.75) is 64.5 Å². The fraction of sp³-hybridized carbons (Fsp3) is 0.609. The average Bonchev–Trinajstić information content (AvgIpc) is 2.68. The molecule has 1 unspecified atom stereocenters. The molecule has 3 amide bonds. The van der Waals surface area contributed by atoms with Crippen molar-refractivity contribution in [1.82, 2.24) is 15.1 Å². The maximum Gasteiger partial charge on any atom is 0.410 e. The summed E-state index contributed by atoms with van der Waals surface area (Å²) in [7, 11) is 1.55. The Morgan fingerprint density at radius 1 is 1.17 bits per heavy atom. The largest absolute Gasteiger partial charge is 0.444 e. The van der Waals surface area contributed by atoms with E-state index >= 15 is 0 Å². The molecule has 166 valence electrons. The van der Waals surface area contributed by atoms with Crippen molar-refractivity contribution < 1.29 is 19.1 Å². The highest BCUT2D eigenvalue weighted by Gasteiger charge is 2.29. The Morgan fingerprint density at radius 3 is 2.30 bits per heavy atom. The summed E-state index contributed by atoms with van der Waals surface area (Å²) in [5.74, 6) is -0.193. The molecule has 7 heteroatoms. The van der Waals surface area contributed by atoms with Crippen LogP contribution in [0.15, 0.2) is 30.3 Å². The fourth-order valence-electron chi connectivity index (χ4n) is 3.60. The number of hydrogen-bond donors (Lipinski definition) is 1. The number of likely N-dealkylation sites (N-methyl/N-ethyl adjacent to an activating group) is 1. The molecule has 1 aromatic carbocycles. The first-order valence-electron chi connectivity index (χ1n) is 10.7. The van der Waals surface area contributed by atoms with Crippen LogP contribution in [0.2, 0.25) is 0 Å². The molecule has 1 saturated heterocycles. The third kappa shape index (κ3) is 7.04. The Balaban J connectivity index is 1.80. The van der Waals surface area contributed by atoms with Crippen LogP contribution in [0.25, 0.3) is 0 Å². The molecule has 1 aromatic rings. The minimum Gasteiger partial charge on any atom is -0.444 e. The van der Waals surface area contributed by atoms with Crippen molar-refractivity contribution >= 4 is 17.9 Å². The number of nitrogens with one attached hydrogen (secondary N) is 1. The predicted molar refractivity (Wildman–Crippen MR) is 116 cm³/mol. The van der Waals surface area contributed by atoms with E-state index in [-0.39, 0.29) is 30.3 Å². The van der Waals surface area contributed by atoms with Gasteiger partial charge in [0.2, 0.25) is 11.8 Å². The van der Waals surface area contributed by atoms with Gasteiger partial charge in [-0.2, -0.15) is 0 Å². The number of likely N-dealkylation sites (tertiary alicyclic amines) is 1. The van der Waals surface area contributed by atoms with Gasteiger partial charge in [0.1, 0.15) is 12.1 Å². The van der Waals surface area contributed by atoms with Gasteiger partial charge in [-0.1, -0.05) is 37.3 Å². The summed E-state index contributed by atoms with van der Waals surface area (Å²) in [5.41, 5.74) is 0.447. The molecule has 30 heavy (non-hydrogen) atoms. The van der Waals surface area contributed by atoms with Gasteiger partial charge in [-0.05, 0) is 45.6 Å². The molecule has 1 aliphatic rings. The van der Waals surface area contributed by atoms with Gasteiger partial charge in [0.15, 0.2) is 0 Å². The second kappa shape index (κ2) is 10.5. The first kappa shape index (κ1) is 23.7. The highest BCUT2D eigenvalue weighted by Crippen LogP contribution is 2.24. The Bertz CT molecular complexity index is 722. The Labute approximate surface area is 179 Å². The lowest BCUT2D eigenvalue weighted by molar-refractivity contribution is -0.134. The Morgan fingerprint density at radius 2 is 1.77 bits per heavy atom. The van der Waals surface area contributed by atoms with Crippen LogP contribution in [-0.4, -0.2) is 66.0 Å². The number of hydrogen-bond acceptors (Lipinski definition) is 4. The minimum atomic E-state index is -0.600. The second-order valence-corrected chi connectivity index (χ2v) is 8.87. The van der Waals surface area contributed by atoms with E-state index in [0.717, 1.165) is 12.0 Å². The normalized spacial score (nSPS) is 16.0. The van der Waals surface area contributed by atoms with Crippen LogP contribution in [0.4, 0.5) is 4.79 Å². The number of carbonyl (C=O) groups excluding carboxylic acids is 3. The molecule has 0 radical (unpaired) electrons. The standard InChI is InChI=1S/C23H35N3O4/c1-6-19(17-10-8-7-9-11-17)21(28)26-14-12-18(13-15-26)24-20(27)16-25(5)22(29)30-23(2,3)4/h7-11,18-19H,6,12-16H2,1-5H3,(H,24,27). The van der Waals surface area contributed by atoms with Crippen molar-refractivity contribution in [3.8, 4) is 0 Å². The van der Waals surface area contributed by atoms with Crippen molar-refractivity contribution in [2.75, 3.05) is 26.7 Å². The van der Waals surface area contributed by atoms with Crippen LogP contribution < -0.4 is 5.32 Å². The minimum absolute atomic E-state index is 0.00499. The highest BCUT2D eigenvalue weighted by molar-refractivity contribution is 5.84. The predicted octanol–water partition coefficient (Wildman–Crippen LogP) is 3.15. The Kier molecular flexibility index (Phi) is 8.26. The SMILES string of the molecule is CCC(C(=O)N1CCC(NC(=O)CN(C)C(=O)OC(C)(C)C)CC1)c1ccccc1. The average molecular weight is 418 g/mol. The molecule has 0 bridgehead atoms. The topological polar surface area (TPSA) is 79.0 Å². The molecule has 1 fully saturated rings. The molecule has 0 aliphatic carbocycles. The van der Waals surface area contributed by atoms with E-state index in [2.05, 4.69) is 5.32 Å². The number of ether oxygens (including phenoxy) is 1. The third-order valence-corrected chi connectivity index (χ3v) is 5.17. The quantitative estimate of drug-likeness (QED) is 0.771. The number of amides is 3. The van der Waals surface area contributed by atoms with Gasteiger partial charge in [0, 0.05) is 26.2 Å². The lowest BCUT2D eigenvalue weighted by Gasteiger charge is -2.34. The van der Waals surface area contributed by atoms with E-state index in [0.29, 0.717) is 25.9 Å². The van der Waals surface area contributed by atoms with Crippen molar-refractivity contribution in [3.63, 3.8) is 0 Å². The smallest absolute Gasteiger partial charge is 0.410 e. The molecule has 0 aromatic heterocycles. The molecule has 1 N–H and O–H groups in total. The number of carbonyl (C=O) groups is 3. The van der Waals surface area contributed by atoms with Gasteiger partial charge in [-0.25, -0.2) is 4.79 Å². The molecular formula is C23H35N3O4. The van der Waals surface area contributed by atoms with Gasteiger partial charge in [-0.3, -0.25) is 9.59 Å². The molecule has 0 spiro atoms. The molecule has 1 atom stereocenters. The van der Waals surface area contributed by atoms with Crippen LogP contribution in [0, 0.1) is 0 Å². The van der Waals surface area contributed by atoms with Gasteiger partial charge in [-0.15, -0.1) is 0 Å². The van der Waals surface area contributed by atoms with Crippen LogP contribution in [0.5, 0.6) is 0 Å². The molecule has 7 nitrogen and oxygen atoms in total. The van der Waals surface area contributed by atoms with E-state index in [9.17, 15) is 14.4 Å². The van der Waals surface area contributed by atoms with Gasteiger partial charge >= 0.3 is 6.09 Å². The van der Waals surface area contributed by atoms with Crippen LogP contribution in [-0.2, 0) is 14.3 Å². The number of benzene rings is 1. The number of piperidine rings is 1. The lowest BCUT2D eigenvalue weighted by atomic mass is 9.93. The van der Waals surface area contributed by atoms with Gasteiger partial charge in [0.25, 0.3) is 0 Å².